The zero-order valence-corrected chi connectivity index (χ0v) is 15.7. The summed E-state index contributed by atoms with van der Waals surface area (Å²) < 4.78 is 6.82. The molecule has 1 aliphatic rings. The first-order chi connectivity index (χ1) is 13.6. The number of ether oxygens (including phenoxy) is 1. The fourth-order valence-corrected chi connectivity index (χ4v) is 3.33. The Bertz CT molecular complexity index is 1080. The Balaban J connectivity index is 1.78. The van der Waals surface area contributed by atoms with Crippen molar-refractivity contribution >= 4 is 35.7 Å². The van der Waals surface area contributed by atoms with Crippen molar-refractivity contribution in [1.29, 1.82) is 0 Å². The highest BCUT2D eigenvalue weighted by Crippen LogP contribution is 2.35. The zero-order chi connectivity index (χ0) is 19.7. The Morgan fingerprint density at radius 1 is 1.04 bits per heavy atom. The van der Waals surface area contributed by atoms with Gasteiger partial charge in [0, 0.05) is 16.2 Å². The van der Waals surface area contributed by atoms with Gasteiger partial charge in [-0.05, 0) is 42.0 Å². The number of anilines is 1. The lowest BCUT2D eigenvalue weighted by Gasteiger charge is -2.21. The molecule has 2 aromatic carbocycles. The molecule has 0 radical (unpaired) electrons. The van der Waals surface area contributed by atoms with Gasteiger partial charge in [0.2, 0.25) is 0 Å². The summed E-state index contributed by atoms with van der Waals surface area (Å²) in [5.41, 5.74) is 3.75. The van der Waals surface area contributed by atoms with Gasteiger partial charge in [-0.1, -0.05) is 23.7 Å². The number of benzene rings is 2. The number of fused-ring (bicyclic) bond motifs is 1. The molecule has 1 aliphatic heterocycles. The number of rotatable bonds is 5. The predicted molar refractivity (Wildman–Crippen MR) is 108 cm³/mol. The van der Waals surface area contributed by atoms with Crippen molar-refractivity contribution in [2.75, 3.05) is 12.4 Å². The largest absolute Gasteiger partial charge is 0.497 e. The van der Waals surface area contributed by atoms with Crippen LogP contribution in [0.5, 0.6) is 5.75 Å². The molecule has 0 atom stereocenters. The van der Waals surface area contributed by atoms with Gasteiger partial charge in [0.05, 0.1) is 24.9 Å². The molecule has 0 unspecified atom stereocenters. The van der Waals surface area contributed by atoms with Crippen LogP contribution in [0.1, 0.15) is 15.9 Å². The number of hydrogen-bond acceptors (Lipinski definition) is 5. The highest BCUT2D eigenvalue weighted by atomic mass is 35.5. The molecule has 0 saturated heterocycles. The molecule has 4 rings (SSSR count). The summed E-state index contributed by atoms with van der Waals surface area (Å²) in [6.07, 6.45) is 1.58. The van der Waals surface area contributed by atoms with Gasteiger partial charge in [-0.3, -0.25) is 9.59 Å². The molecule has 140 valence electrons. The van der Waals surface area contributed by atoms with Crippen molar-refractivity contribution in [3.63, 3.8) is 0 Å². The first kappa shape index (κ1) is 18.0. The first-order valence-electron chi connectivity index (χ1n) is 8.56. The van der Waals surface area contributed by atoms with Crippen molar-refractivity contribution in [1.82, 2.24) is 9.78 Å². The van der Waals surface area contributed by atoms with E-state index in [0.29, 0.717) is 33.4 Å². The highest BCUT2D eigenvalue weighted by molar-refractivity contribution is 6.30. The number of aromatic nitrogens is 2. The van der Waals surface area contributed by atoms with Crippen LogP contribution in [0.25, 0.3) is 17.0 Å². The van der Waals surface area contributed by atoms with Crippen LogP contribution in [-0.2, 0) is 11.3 Å². The Kier molecular flexibility index (Phi) is 4.71. The highest BCUT2D eigenvalue weighted by Gasteiger charge is 2.26. The number of carbonyl (C=O) groups is 2. The Morgan fingerprint density at radius 2 is 1.71 bits per heavy atom. The summed E-state index contributed by atoms with van der Waals surface area (Å²) in [5, 5.41) is 8.37. The SMILES string of the molecule is COc1ccc(C2=C(C=O)Cn3nc(-c4ccc(Cl)cc4)c(C=O)c3N2)cc1. The van der Waals surface area contributed by atoms with Gasteiger partial charge < -0.3 is 10.1 Å². The van der Waals surface area contributed by atoms with Crippen LogP contribution in [0.15, 0.2) is 54.1 Å². The summed E-state index contributed by atoms with van der Waals surface area (Å²) in [7, 11) is 1.59. The molecular formula is C21H16ClN3O3. The average molecular weight is 394 g/mol. The van der Waals surface area contributed by atoms with Crippen LogP contribution in [0, 0.1) is 0 Å². The molecule has 28 heavy (non-hydrogen) atoms. The molecule has 1 aromatic heterocycles. The second-order valence-corrected chi connectivity index (χ2v) is 6.70. The van der Waals surface area contributed by atoms with Crippen LogP contribution >= 0.6 is 11.6 Å². The van der Waals surface area contributed by atoms with Gasteiger partial charge in [0.25, 0.3) is 0 Å². The fourth-order valence-electron chi connectivity index (χ4n) is 3.21. The minimum Gasteiger partial charge on any atom is -0.497 e. The average Bonchev–Trinajstić information content (AvgIpc) is 3.10. The molecule has 3 aromatic rings. The van der Waals surface area contributed by atoms with Gasteiger partial charge in [0.15, 0.2) is 6.29 Å². The molecule has 6 nitrogen and oxygen atoms in total. The van der Waals surface area contributed by atoms with Crippen molar-refractivity contribution in [3.8, 4) is 17.0 Å². The molecule has 0 aliphatic carbocycles. The van der Waals surface area contributed by atoms with E-state index >= 15 is 0 Å². The number of allylic oxidation sites excluding steroid dienone is 1. The lowest BCUT2D eigenvalue weighted by Crippen LogP contribution is -2.19. The minimum atomic E-state index is 0.266. The lowest BCUT2D eigenvalue weighted by molar-refractivity contribution is -0.105. The second kappa shape index (κ2) is 7.32. The maximum atomic E-state index is 11.9. The molecule has 0 saturated carbocycles. The van der Waals surface area contributed by atoms with Crippen molar-refractivity contribution < 1.29 is 14.3 Å². The van der Waals surface area contributed by atoms with Crippen molar-refractivity contribution in [3.05, 3.63) is 70.3 Å². The first-order valence-corrected chi connectivity index (χ1v) is 8.94. The van der Waals surface area contributed by atoms with Crippen molar-refractivity contribution in [2.45, 2.75) is 6.54 Å². The van der Waals surface area contributed by atoms with Gasteiger partial charge in [-0.25, -0.2) is 4.68 Å². The quantitative estimate of drug-likeness (QED) is 0.662. The maximum absolute atomic E-state index is 11.9. The number of carbonyl (C=O) groups excluding carboxylic acids is 2. The predicted octanol–water partition coefficient (Wildman–Crippen LogP) is 4.06. The van der Waals surface area contributed by atoms with E-state index in [9.17, 15) is 9.59 Å². The van der Waals surface area contributed by atoms with Gasteiger partial charge in [-0.15, -0.1) is 0 Å². The standard InChI is InChI=1S/C21H16ClN3O3/c1-28-17-8-4-13(5-9-17)19-15(11-26)10-25-21(23-19)18(12-27)20(24-25)14-2-6-16(22)7-3-14/h2-9,11-12,23H,10H2,1H3. The third kappa shape index (κ3) is 3.08. The summed E-state index contributed by atoms with van der Waals surface area (Å²) >= 11 is 5.96. The number of nitrogens with zero attached hydrogens (tertiary/aromatic N) is 2. The van der Waals surface area contributed by atoms with E-state index in [-0.39, 0.29) is 6.54 Å². The van der Waals surface area contributed by atoms with Crippen LogP contribution in [0.3, 0.4) is 0 Å². The van der Waals surface area contributed by atoms with E-state index in [2.05, 4.69) is 10.4 Å². The number of aldehydes is 2. The molecular weight excluding hydrogens is 378 g/mol. The van der Waals surface area contributed by atoms with Gasteiger partial charge in [-0.2, -0.15) is 5.10 Å². The smallest absolute Gasteiger partial charge is 0.156 e. The van der Waals surface area contributed by atoms with E-state index in [4.69, 9.17) is 16.3 Å². The normalized spacial score (nSPS) is 12.9. The number of halogens is 1. The zero-order valence-electron chi connectivity index (χ0n) is 15.0. The van der Waals surface area contributed by atoms with E-state index in [1.807, 2.05) is 36.4 Å². The van der Waals surface area contributed by atoms with Crippen LogP contribution < -0.4 is 10.1 Å². The molecule has 7 heteroatoms. The van der Waals surface area contributed by atoms with Crippen LogP contribution in [0.2, 0.25) is 5.02 Å². The minimum absolute atomic E-state index is 0.266. The van der Waals surface area contributed by atoms with E-state index < -0.39 is 0 Å². The van der Waals surface area contributed by atoms with Crippen molar-refractivity contribution in [2.24, 2.45) is 0 Å². The maximum Gasteiger partial charge on any atom is 0.156 e. The fraction of sp³-hybridized carbons (Fsp3) is 0.0952. The lowest BCUT2D eigenvalue weighted by atomic mass is 10.0. The third-order valence-electron chi connectivity index (χ3n) is 4.63. The Hall–Kier alpha value is -3.38. The van der Waals surface area contributed by atoms with Crippen LogP contribution in [0.4, 0.5) is 5.82 Å². The number of nitrogens with one attached hydrogen (secondary N) is 1. The summed E-state index contributed by atoms with van der Waals surface area (Å²) in [6.45, 7) is 0.266. The van der Waals surface area contributed by atoms with Gasteiger partial charge >= 0.3 is 0 Å². The number of hydrogen-bond donors (Lipinski definition) is 1. The monoisotopic (exact) mass is 393 g/mol. The van der Waals surface area contributed by atoms with E-state index in [1.165, 1.54) is 0 Å². The Labute approximate surface area is 166 Å². The summed E-state index contributed by atoms with van der Waals surface area (Å²) in [6, 6.07) is 14.5. The number of methoxy groups -OCH3 is 1. The molecule has 0 amide bonds. The Morgan fingerprint density at radius 3 is 2.32 bits per heavy atom. The van der Waals surface area contributed by atoms with Gasteiger partial charge in [0.1, 0.15) is 23.5 Å². The molecule has 1 N–H and O–H groups in total. The topological polar surface area (TPSA) is 73.2 Å². The van der Waals surface area contributed by atoms with E-state index in [0.717, 1.165) is 29.4 Å². The molecule has 2 heterocycles. The summed E-state index contributed by atoms with van der Waals surface area (Å²) in [4.78, 5) is 23.6. The molecule has 0 fully saturated rings. The van der Waals surface area contributed by atoms with Crippen LogP contribution in [-0.4, -0.2) is 29.5 Å². The summed E-state index contributed by atoms with van der Waals surface area (Å²) in [5.74, 6) is 1.27. The van der Waals surface area contributed by atoms with E-state index in [1.54, 1.807) is 23.9 Å². The molecule has 0 spiro atoms. The second-order valence-electron chi connectivity index (χ2n) is 6.26. The third-order valence-corrected chi connectivity index (χ3v) is 4.88. The molecule has 0 bridgehead atoms.